The molecule has 2 aromatic carbocycles. The molecule has 5 heteroatoms. The van der Waals surface area contributed by atoms with E-state index in [0.717, 1.165) is 29.8 Å². The summed E-state index contributed by atoms with van der Waals surface area (Å²) in [6.07, 6.45) is 4.12. The molecule has 1 amide bonds. The van der Waals surface area contributed by atoms with E-state index in [0.29, 0.717) is 12.1 Å². The van der Waals surface area contributed by atoms with Crippen molar-refractivity contribution in [3.63, 3.8) is 0 Å². The van der Waals surface area contributed by atoms with Crippen LogP contribution in [0.2, 0.25) is 0 Å². The van der Waals surface area contributed by atoms with Gasteiger partial charge < -0.3 is 9.88 Å². The maximum absolute atomic E-state index is 12.3. The number of hydrogen-bond donors (Lipinski definition) is 1. The third kappa shape index (κ3) is 3.87. The number of rotatable bonds is 6. The minimum absolute atomic E-state index is 0.148. The van der Waals surface area contributed by atoms with Gasteiger partial charge in [0.05, 0.1) is 23.1 Å². The summed E-state index contributed by atoms with van der Waals surface area (Å²) in [4.78, 5) is 21.1. The van der Waals surface area contributed by atoms with Gasteiger partial charge in [0.1, 0.15) is 5.82 Å². The molecule has 0 atom stereocenters. The predicted octanol–water partition coefficient (Wildman–Crippen LogP) is 3.60. The number of benzene rings is 2. The third-order valence-electron chi connectivity index (χ3n) is 4.53. The van der Waals surface area contributed by atoms with E-state index in [9.17, 15) is 4.79 Å². The number of hydrogen-bond acceptors (Lipinski definition) is 3. The molecule has 27 heavy (non-hydrogen) atoms. The lowest BCUT2D eigenvalue weighted by atomic mass is 10.1. The van der Waals surface area contributed by atoms with Crippen molar-refractivity contribution >= 4 is 16.9 Å². The van der Waals surface area contributed by atoms with Gasteiger partial charge in [0.15, 0.2) is 0 Å². The van der Waals surface area contributed by atoms with Crippen LogP contribution in [-0.4, -0.2) is 20.4 Å². The normalized spacial score (nSPS) is 10.8. The first kappa shape index (κ1) is 17.0. The van der Waals surface area contributed by atoms with E-state index in [-0.39, 0.29) is 5.91 Å². The van der Waals surface area contributed by atoms with E-state index >= 15 is 0 Å². The van der Waals surface area contributed by atoms with E-state index in [1.165, 1.54) is 5.56 Å². The topological polar surface area (TPSA) is 59.8 Å². The first-order valence-corrected chi connectivity index (χ1v) is 8.97. The van der Waals surface area contributed by atoms with Crippen LogP contribution in [0, 0.1) is 0 Å². The van der Waals surface area contributed by atoms with Gasteiger partial charge in [0.2, 0.25) is 0 Å². The summed E-state index contributed by atoms with van der Waals surface area (Å²) >= 11 is 0. The van der Waals surface area contributed by atoms with Crippen molar-refractivity contribution in [3.8, 4) is 0 Å². The minimum Gasteiger partial charge on any atom is -0.345 e. The summed E-state index contributed by atoms with van der Waals surface area (Å²) in [5.41, 5.74) is 3.85. The summed E-state index contributed by atoms with van der Waals surface area (Å²) < 4.78 is 2.19. The molecule has 0 aliphatic rings. The molecule has 0 saturated heterocycles. The Morgan fingerprint density at radius 2 is 1.78 bits per heavy atom. The molecule has 5 nitrogen and oxygen atoms in total. The Balaban J connectivity index is 1.55. The third-order valence-corrected chi connectivity index (χ3v) is 4.53. The number of amides is 1. The van der Waals surface area contributed by atoms with Crippen molar-refractivity contribution in [2.45, 2.75) is 19.5 Å². The Morgan fingerprint density at radius 1 is 0.963 bits per heavy atom. The van der Waals surface area contributed by atoms with Crippen molar-refractivity contribution in [1.29, 1.82) is 0 Å². The van der Waals surface area contributed by atoms with Gasteiger partial charge in [-0.2, -0.15) is 0 Å². The number of nitrogens with zero attached hydrogens (tertiary/aromatic N) is 3. The second kappa shape index (κ2) is 7.83. The highest BCUT2D eigenvalue weighted by Gasteiger charge is 2.12. The summed E-state index contributed by atoms with van der Waals surface area (Å²) in [7, 11) is 0. The van der Waals surface area contributed by atoms with E-state index in [4.69, 9.17) is 4.98 Å². The number of aromatic nitrogens is 3. The summed E-state index contributed by atoms with van der Waals surface area (Å²) in [5, 5.41) is 2.95. The van der Waals surface area contributed by atoms with Gasteiger partial charge in [-0.1, -0.05) is 42.5 Å². The van der Waals surface area contributed by atoms with Gasteiger partial charge in [0, 0.05) is 18.9 Å². The molecule has 0 saturated carbocycles. The number of fused-ring (bicyclic) bond motifs is 1. The standard InChI is InChI=1S/C22H20N4O/c27-22(18-9-6-13-23-15-18)24-16-21-25-19-10-4-5-11-20(19)26(21)14-12-17-7-2-1-3-8-17/h1-11,13,15H,12,14,16H2,(H,24,27). The van der Waals surface area contributed by atoms with Gasteiger partial charge in [-0.3, -0.25) is 9.78 Å². The van der Waals surface area contributed by atoms with Crippen molar-refractivity contribution in [1.82, 2.24) is 19.9 Å². The van der Waals surface area contributed by atoms with Crippen molar-refractivity contribution in [2.24, 2.45) is 0 Å². The predicted molar refractivity (Wildman–Crippen MR) is 105 cm³/mol. The van der Waals surface area contributed by atoms with Gasteiger partial charge in [-0.05, 0) is 36.2 Å². The zero-order chi connectivity index (χ0) is 18.5. The van der Waals surface area contributed by atoms with Crippen molar-refractivity contribution in [2.75, 3.05) is 0 Å². The lowest BCUT2D eigenvalue weighted by Gasteiger charge is -2.10. The second-order valence-corrected chi connectivity index (χ2v) is 6.33. The highest BCUT2D eigenvalue weighted by molar-refractivity contribution is 5.93. The number of para-hydroxylation sites is 2. The molecular weight excluding hydrogens is 336 g/mol. The zero-order valence-corrected chi connectivity index (χ0v) is 14.9. The van der Waals surface area contributed by atoms with Crippen LogP contribution in [0.25, 0.3) is 11.0 Å². The highest BCUT2D eigenvalue weighted by atomic mass is 16.1. The van der Waals surface area contributed by atoms with E-state index in [1.54, 1.807) is 24.5 Å². The Morgan fingerprint density at radius 3 is 2.59 bits per heavy atom. The fourth-order valence-corrected chi connectivity index (χ4v) is 3.15. The largest absolute Gasteiger partial charge is 0.345 e. The molecule has 0 fully saturated rings. The van der Waals surface area contributed by atoms with Crippen LogP contribution in [0.3, 0.4) is 0 Å². The van der Waals surface area contributed by atoms with Crippen molar-refractivity contribution < 1.29 is 4.79 Å². The highest BCUT2D eigenvalue weighted by Crippen LogP contribution is 2.17. The van der Waals surface area contributed by atoms with Crippen LogP contribution in [0.1, 0.15) is 21.7 Å². The lowest BCUT2D eigenvalue weighted by molar-refractivity contribution is 0.0949. The molecule has 0 spiro atoms. The van der Waals surface area contributed by atoms with Gasteiger partial charge in [-0.15, -0.1) is 0 Å². The molecular formula is C22H20N4O. The number of imidazole rings is 1. The molecule has 0 aliphatic carbocycles. The first-order chi connectivity index (χ1) is 13.3. The van der Waals surface area contributed by atoms with Crippen LogP contribution in [-0.2, 0) is 19.5 Å². The molecule has 134 valence electrons. The average Bonchev–Trinajstić information content (AvgIpc) is 3.09. The molecule has 0 radical (unpaired) electrons. The molecule has 2 aromatic heterocycles. The molecule has 1 N–H and O–H groups in total. The SMILES string of the molecule is O=C(NCc1nc2ccccc2n1CCc1ccccc1)c1cccnc1. The lowest BCUT2D eigenvalue weighted by Crippen LogP contribution is -2.25. The van der Waals surface area contributed by atoms with Gasteiger partial charge in [0.25, 0.3) is 5.91 Å². The smallest absolute Gasteiger partial charge is 0.253 e. The van der Waals surface area contributed by atoms with E-state index in [1.807, 2.05) is 24.3 Å². The molecule has 2 heterocycles. The molecule has 4 aromatic rings. The zero-order valence-electron chi connectivity index (χ0n) is 14.9. The fraction of sp³-hybridized carbons (Fsp3) is 0.136. The Hall–Kier alpha value is -3.47. The summed E-state index contributed by atoms with van der Waals surface area (Å²) in [6, 6.07) is 22.0. The summed E-state index contributed by atoms with van der Waals surface area (Å²) in [5.74, 6) is 0.703. The van der Waals surface area contributed by atoms with Crippen LogP contribution >= 0.6 is 0 Å². The molecule has 4 rings (SSSR count). The van der Waals surface area contributed by atoms with Crippen LogP contribution in [0.5, 0.6) is 0 Å². The fourth-order valence-electron chi connectivity index (χ4n) is 3.15. The van der Waals surface area contributed by atoms with Crippen LogP contribution < -0.4 is 5.32 Å². The van der Waals surface area contributed by atoms with Crippen LogP contribution in [0.4, 0.5) is 0 Å². The van der Waals surface area contributed by atoms with E-state index in [2.05, 4.69) is 45.2 Å². The Kier molecular flexibility index (Phi) is 4.92. The Labute approximate surface area is 157 Å². The van der Waals surface area contributed by atoms with Crippen molar-refractivity contribution in [3.05, 3.63) is 96.1 Å². The van der Waals surface area contributed by atoms with Gasteiger partial charge >= 0.3 is 0 Å². The monoisotopic (exact) mass is 356 g/mol. The summed E-state index contributed by atoms with van der Waals surface area (Å²) in [6.45, 7) is 1.18. The number of carbonyl (C=O) groups excluding carboxylic acids is 1. The van der Waals surface area contributed by atoms with Crippen LogP contribution in [0.15, 0.2) is 79.1 Å². The van der Waals surface area contributed by atoms with E-state index < -0.39 is 0 Å². The number of carbonyl (C=O) groups is 1. The maximum Gasteiger partial charge on any atom is 0.253 e. The number of pyridine rings is 1. The molecule has 0 unspecified atom stereocenters. The first-order valence-electron chi connectivity index (χ1n) is 8.97. The quantitative estimate of drug-likeness (QED) is 0.574. The second-order valence-electron chi connectivity index (χ2n) is 6.33. The number of nitrogens with one attached hydrogen (secondary N) is 1. The Bertz CT molecular complexity index is 1040. The van der Waals surface area contributed by atoms with Gasteiger partial charge in [-0.25, -0.2) is 4.98 Å². The average molecular weight is 356 g/mol. The molecule has 0 aliphatic heterocycles. The molecule has 0 bridgehead atoms. The minimum atomic E-state index is -0.148. The number of aryl methyl sites for hydroxylation is 2. The maximum atomic E-state index is 12.3.